The molecule has 1 saturated heterocycles. The SMILES string of the molecule is O=C(Nc1cncc(-c2ccc3n[nH]c(C4Nc5cncc(N6CCCCC6)c5N4)c3c2)c1)c1ccccc1. The molecule has 9 nitrogen and oxygen atoms in total. The third-order valence-electron chi connectivity index (χ3n) is 7.45. The molecule has 2 aromatic carbocycles. The summed E-state index contributed by atoms with van der Waals surface area (Å²) in [5.41, 5.74) is 8.19. The highest BCUT2D eigenvalue weighted by Crippen LogP contribution is 2.43. The number of fused-ring (bicyclic) bond motifs is 2. The molecule has 2 aliphatic heterocycles. The number of hydrogen-bond donors (Lipinski definition) is 4. The minimum absolute atomic E-state index is 0.164. The molecule has 5 heterocycles. The van der Waals surface area contributed by atoms with Gasteiger partial charge in [-0.05, 0) is 55.2 Å². The van der Waals surface area contributed by atoms with E-state index in [1.54, 1.807) is 24.5 Å². The van der Waals surface area contributed by atoms with Crippen molar-refractivity contribution in [2.24, 2.45) is 0 Å². The number of aromatic amines is 1. The zero-order valence-corrected chi connectivity index (χ0v) is 21.3. The highest BCUT2D eigenvalue weighted by Gasteiger charge is 2.29. The summed E-state index contributed by atoms with van der Waals surface area (Å²) in [6, 6.07) is 17.2. The maximum absolute atomic E-state index is 12.6. The monoisotopic (exact) mass is 516 g/mol. The van der Waals surface area contributed by atoms with Crippen LogP contribution in [0.3, 0.4) is 0 Å². The summed E-state index contributed by atoms with van der Waals surface area (Å²) in [4.78, 5) is 23.9. The van der Waals surface area contributed by atoms with Gasteiger partial charge in [0.25, 0.3) is 5.91 Å². The maximum Gasteiger partial charge on any atom is 0.255 e. The number of carbonyl (C=O) groups excluding carboxylic acids is 1. The Kier molecular flexibility index (Phi) is 5.81. The van der Waals surface area contributed by atoms with Gasteiger partial charge in [0.1, 0.15) is 6.17 Å². The predicted molar refractivity (Wildman–Crippen MR) is 154 cm³/mol. The molecule has 0 aliphatic carbocycles. The molecule has 39 heavy (non-hydrogen) atoms. The van der Waals surface area contributed by atoms with Gasteiger partial charge in [-0.25, -0.2) is 0 Å². The molecule has 0 saturated carbocycles. The Morgan fingerprint density at radius 1 is 0.872 bits per heavy atom. The van der Waals surface area contributed by atoms with Crippen molar-refractivity contribution < 1.29 is 4.79 Å². The van der Waals surface area contributed by atoms with Crippen molar-refractivity contribution in [3.63, 3.8) is 0 Å². The predicted octanol–water partition coefficient (Wildman–Crippen LogP) is 5.80. The number of pyridine rings is 2. The van der Waals surface area contributed by atoms with Crippen molar-refractivity contribution >= 4 is 39.6 Å². The van der Waals surface area contributed by atoms with Gasteiger partial charge in [-0.1, -0.05) is 24.3 Å². The molecule has 7 rings (SSSR count). The lowest BCUT2D eigenvalue weighted by Gasteiger charge is -2.29. The number of piperidine rings is 1. The van der Waals surface area contributed by atoms with Crippen molar-refractivity contribution in [1.29, 1.82) is 0 Å². The zero-order chi connectivity index (χ0) is 26.2. The van der Waals surface area contributed by atoms with Crippen LogP contribution in [0.1, 0.15) is 41.5 Å². The van der Waals surface area contributed by atoms with Crippen LogP contribution in [0.15, 0.2) is 79.4 Å². The molecule has 1 atom stereocenters. The Balaban J connectivity index is 1.16. The third-order valence-corrected chi connectivity index (χ3v) is 7.45. The number of amides is 1. The second-order valence-corrected chi connectivity index (χ2v) is 10.0. The summed E-state index contributed by atoms with van der Waals surface area (Å²) in [7, 11) is 0. The Morgan fingerprint density at radius 2 is 1.72 bits per heavy atom. The van der Waals surface area contributed by atoms with Gasteiger partial charge >= 0.3 is 0 Å². The van der Waals surface area contributed by atoms with Crippen LogP contribution in [0.25, 0.3) is 22.0 Å². The lowest BCUT2D eigenvalue weighted by Crippen LogP contribution is -2.30. The molecule has 5 aromatic rings. The van der Waals surface area contributed by atoms with E-state index in [0.29, 0.717) is 11.3 Å². The van der Waals surface area contributed by atoms with E-state index in [-0.39, 0.29) is 12.1 Å². The first-order valence-electron chi connectivity index (χ1n) is 13.3. The highest BCUT2D eigenvalue weighted by molar-refractivity contribution is 6.04. The van der Waals surface area contributed by atoms with E-state index >= 15 is 0 Å². The molecule has 1 amide bonds. The number of hydrogen-bond acceptors (Lipinski definition) is 7. The quantitative estimate of drug-likeness (QED) is 0.234. The van der Waals surface area contributed by atoms with Crippen LogP contribution in [-0.4, -0.2) is 39.2 Å². The lowest BCUT2D eigenvalue weighted by atomic mass is 10.0. The number of nitrogens with one attached hydrogen (secondary N) is 4. The van der Waals surface area contributed by atoms with Gasteiger partial charge < -0.3 is 20.9 Å². The van der Waals surface area contributed by atoms with Crippen LogP contribution in [0.4, 0.5) is 22.7 Å². The minimum Gasteiger partial charge on any atom is -0.369 e. The standard InChI is InChI=1S/C30H28N8O/c39-30(19-7-3-1-4-8-19)33-22-13-21(15-31-16-22)20-9-10-24-23(14-20)27(37-36-24)29-34-25-17-32-18-26(28(25)35-29)38-11-5-2-6-12-38/h1,3-4,7-10,13-18,29,34-35H,2,5-6,11-12H2,(H,33,39)(H,36,37). The van der Waals surface area contributed by atoms with E-state index in [9.17, 15) is 4.79 Å². The van der Waals surface area contributed by atoms with E-state index in [1.165, 1.54) is 19.3 Å². The fraction of sp³-hybridized carbons (Fsp3) is 0.200. The van der Waals surface area contributed by atoms with Crippen LogP contribution in [0, 0.1) is 0 Å². The van der Waals surface area contributed by atoms with Gasteiger partial charge in [-0.2, -0.15) is 5.10 Å². The number of aromatic nitrogens is 4. The zero-order valence-electron chi connectivity index (χ0n) is 21.3. The molecule has 3 aromatic heterocycles. The van der Waals surface area contributed by atoms with Gasteiger partial charge in [0, 0.05) is 35.8 Å². The molecule has 194 valence electrons. The van der Waals surface area contributed by atoms with Crippen molar-refractivity contribution in [2.45, 2.75) is 25.4 Å². The molecule has 2 aliphatic rings. The molecule has 0 bridgehead atoms. The molecular weight excluding hydrogens is 488 g/mol. The van der Waals surface area contributed by atoms with Gasteiger partial charge in [0.15, 0.2) is 0 Å². The first kappa shape index (κ1) is 23.2. The Morgan fingerprint density at radius 3 is 2.59 bits per heavy atom. The molecule has 4 N–H and O–H groups in total. The van der Waals surface area contributed by atoms with Crippen LogP contribution in [0.5, 0.6) is 0 Å². The van der Waals surface area contributed by atoms with Gasteiger partial charge in [-0.15, -0.1) is 0 Å². The van der Waals surface area contributed by atoms with E-state index in [2.05, 4.69) is 47.1 Å². The third kappa shape index (κ3) is 4.41. The van der Waals surface area contributed by atoms with Crippen LogP contribution < -0.4 is 20.9 Å². The number of rotatable bonds is 5. The lowest BCUT2D eigenvalue weighted by molar-refractivity contribution is 0.102. The fourth-order valence-electron chi connectivity index (χ4n) is 5.45. The number of nitrogens with zero attached hydrogens (tertiary/aromatic N) is 4. The summed E-state index contributed by atoms with van der Waals surface area (Å²) in [6.45, 7) is 2.11. The number of carbonyl (C=O) groups is 1. The van der Waals surface area contributed by atoms with Crippen LogP contribution in [0.2, 0.25) is 0 Å². The van der Waals surface area contributed by atoms with Crippen molar-refractivity contribution in [3.8, 4) is 11.1 Å². The topological polar surface area (TPSA) is 111 Å². The number of anilines is 4. The Bertz CT molecular complexity index is 1660. The molecule has 0 radical (unpaired) electrons. The molecule has 0 spiro atoms. The van der Waals surface area contributed by atoms with E-state index in [0.717, 1.165) is 57.9 Å². The summed E-state index contributed by atoms with van der Waals surface area (Å²) < 4.78 is 0. The largest absolute Gasteiger partial charge is 0.369 e. The van der Waals surface area contributed by atoms with E-state index in [4.69, 9.17) is 0 Å². The molecule has 1 unspecified atom stereocenters. The first-order valence-corrected chi connectivity index (χ1v) is 13.3. The van der Waals surface area contributed by atoms with Crippen molar-refractivity contribution in [2.75, 3.05) is 33.9 Å². The fourth-order valence-corrected chi connectivity index (χ4v) is 5.45. The maximum atomic E-state index is 12.6. The Hall–Kier alpha value is -4.92. The summed E-state index contributed by atoms with van der Waals surface area (Å²) in [6.07, 6.45) is 10.8. The summed E-state index contributed by atoms with van der Waals surface area (Å²) >= 11 is 0. The van der Waals surface area contributed by atoms with Gasteiger partial charge in [-0.3, -0.25) is 19.9 Å². The van der Waals surface area contributed by atoms with Crippen LogP contribution >= 0.6 is 0 Å². The molecular formula is C30H28N8O. The normalized spacial score (nSPS) is 16.4. The summed E-state index contributed by atoms with van der Waals surface area (Å²) in [5, 5.41) is 19.0. The molecule has 1 fully saturated rings. The average Bonchev–Trinajstić information content (AvgIpc) is 3.62. The smallest absolute Gasteiger partial charge is 0.255 e. The second-order valence-electron chi connectivity index (χ2n) is 10.0. The summed E-state index contributed by atoms with van der Waals surface area (Å²) in [5.74, 6) is -0.168. The van der Waals surface area contributed by atoms with Crippen LogP contribution in [-0.2, 0) is 0 Å². The minimum atomic E-state index is -0.168. The molecule has 9 heteroatoms. The van der Waals surface area contributed by atoms with E-state index in [1.807, 2.05) is 48.8 Å². The Labute approximate surface area is 225 Å². The average molecular weight is 517 g/mol. The van der Waals surface area contributed by atoms with Crippen molar-refractivity contribution in [3.05, 3.63) is 90.6 Å². The highest BCUT2D eigenvalue weighted by atomic mass is 16.1. The second kappa shape index (κ2) is 9.75. The first-order chi connectivity index (χ1) is 19.2. The number of H-pyrrole nitrogens is 1. The van der Waals surface area contributed by atoms with Gasteiger partial charge in [0.05, 0.1) is 52.6 Å². The number of benzene rings is 2. The van der Waals surface area contributed by atoms with E-state index < -0.39 is 0 Å². The van der Waals surface area contributed by atoms with Crippen molar-refractivity contribution in [1.82, 2.24) is 20.2 Å². The van der Waals surface area contributed by atoms with Gasteiger partial charge in [0.2, 0.25) is 0 Å².